The number of aliphatic hydroxyl groups excluding tert-OH is 11. The third kappa shape index (κ3) is 23.0. The number of carbonyl (C=O) groups is 1. The molecule has 3 aliphatic rings. The normalized spacial score (nSPS) is 32.0. The minimum Gasteiger partial charge on any atom is -0.394 e. The molecule has 0 aromatic rings. The number of unbranched alkanes of at least 4 members (excludes halogenated alkanes) is 22. The van der Waals surface area contributed by atoms with Crippen LogP contribution in [-0.2, 0) is 33.2 Å². The molecule has 0 aromatic carbocycles. The lowest BCUT2D eigenvalue weighted by molar-refractivity contribution is -0.379. The van der Waals surface area contributed by atoms with Crippen LogP contribution in [0.2, 0.25) is 0 Å². The molecule has 0 saturated carbocycles. The van der Waals surface area contributed by atoms with Gasteiger partial charge in [0.25, 0.3) is 0 Å². The van der Waals surface area contributed by atoms with E-state index in [1.165, 1.54) is 89.9 Å². The molecule has 17 atom stereocenters. The van der Waals surface area contributed by atoms with Crippen molar-refractivity contribution in [2.24, 2.45) is 0 Å². The van der Waals surface area contributed by atoms with Gasteiger partial charge >= 0.3 is 0 Å². The Labute approximate surface area is 429 Å². The van der Waals surface area contributed by atoms with Crippen LogP contribution in [-0.4, -0.2) is 193 Å². The highest BCUT2D eigenvalue weighted by Crippen LogP contribution is 2.33. The van der Waals surface area contributed by atoms with Gasteiger partial charge in [0.2, 0.25) is 5.91 Å². The average Bonchev–Trinajstić information content (AvgIpc) is 3.37. The Hall–Kier alpha value is -1.47. The van der Waals surface area contributed by atoms with Crippen LogP contribution < -0.4 is 5.32 Å². The molecule has 3 rings (SSSR count). The Morgan fingerprint density at radius 3 is 1.39 bits per heavy atom. The van der Waals surface area contributed by atoms with Gasteiger partial charge in [-0.2, -0.15) is 0 Å². The molecule has 0 aliphatic carbocycles. The Balaban J connectivity index is 1.52. The fourth-order valence-electron chi connectivity index (χ4n) is 9.65. The number of nitrogens with one attached hydrogen (secondary N) is 1. The summed E-state index contributed by atoms with van der Waals surface area (Å²) in [5.41, 5.74) is 0. The zero-order valence-corrected chi connectivity index (χ0v) is 43.7. The molecule has 0 spiro atoms. The van der Waals surface area contributed by atoms with Crippen LogP contribution in [0.1, 0.15) is 187 Å². The van der Waals surface area contributed by atoms with Crippen LogP contribution >= 0.6 is 0 Å². The van der Waals surface area contributed by atoms with E-state index in [0.29, 0.717) is 12.8 Å². The number of ether oxygens (including phenoxy) is 6. The maximum Gasteiger partial charge on any atom is 0.220 e. The standard InChI is InChI=1S/C53H99NO18/c1-3-5-7-9-11-13-15-16-17-18-19-21-22-24-26-28-30-37(58)36(54-41(59)31-29-27-25-23-20-14-12-10-8-6-4-2)35-67-51-47(65)44(62)49(39(33-56)69-51)72-53-48(66)45(63)50(40(34-57)70-53)71-52-46(64)43(61)42(60)38(32-55)68-52/h10,12,36-40,42-53,55-58,60-66H,3-9,11,13-35H2,1-2H3,(H,54,59)/b12-10-. The van der Waals surface area contributed by atoms with Gasteiger partial charge in [-0.1, -0.05) is 161 Å². The highest BCUT2D eigenvalue weighted by Gasteiger charge is 2.53. The molecular formula is C53H99NO18. The molecule has 19 nitrogen and oxygen atoms in total. The van der Waals surface area contributed by atoms with Gasteiger partial charge < -0.3 is 89.9 Å². The predicted molar refractivity (Wildman–Crippen MR) is 268 cm³/mol. The van der Waals surface area contributed by atoms with Crippen LogP contribution in [0.3, 0.4) is 0 Å². The summed E-state index contributed by atoms with van der Waals surface area (Å²) >= 11 is 0. The van der Waals surface area contributed by atoms with Crippen molar-refractivity contribution in [3.63, 3.8) is 0 Å². The molecule has 19 heteroatoms. The maximum absolute atomic E-state index is 13.2. The molecule has 0 aromatic heterocycles. The molecule has 3 heterocycles. The quantitative estimate of drug-likeness (QED) is 0.0309. The second kappa shape index (κ2) is 38.1. The second-order valence-electron chi connectivity index (χ2n) is 20.4. The van der Waals surface area contributed by atoms with E-state index < -0.39 is 124 Å². The molecular weight excluding hydrogens is 939 g/mol. The number of carbonyl (C=O) groups excluding carboxylic acids is 1. The van der Waals surface area contributed by atoms with E-state index in [-0.39, 0.29) is 18.9 Å². The third-order valence-corrected chi connectivity index (χ3v) is 14.3. The molecule has 3 fully saturated rings. The minimum atomic E-state index is -1.97. The number of hydrogen-bond acceptors (Lipinski definition) is 18. The Morgan fingerprint density at radius 1 is 0.486 bits per heavy atom. The molecule has 12 N–H and O–H groups in total. The Kier molecular flexibility index (Phi) is 34.3. The Morgan fingerprint density at radius 2 is 0.889 bits per heavy atom. The number of rotatable bonds is 40. The van der Waals surface area contributed by atoms with Crippen molar-refractivity contribution in [2.75, 3.05) is 26.4 Å². The second-order valence-corrected chi connectivity index (χ2v) is 20.4. The van der Waals surface area contributed by atoms with Crippen LogP contribution in [0.25, 0.3) is 0 Å². The van der Waals surface area contributed by atoms with Crippen LogP contribution in [0.5, 0.6) is 0 Å². The lowest BCUT2D eigenvalue weighted by atomic mass is 9.96. The van der Waals surface area contributed by atoms with Crippen LogP contribution in [0.4, 0.5) is 0 Å². The van der Waals surface area contributed by atoms with Crippen molar-refractivity contribution in [1.82, 2.24) is 5.32 Å². The van der Waals surface area contributed by atoms with E-state index in [4.69, 9.17) is 28.4 Å². The van der Waals surface area contributed by atoms with E-state index >= 15 is 0 Å². The molecule has 72 heavy (non-hydrogen) atoms. The minimum absolute atomic E-state index is 0.254. The van der Waals surface area contributed by atoms with Gasteiger partial charge in [-0.3, -0.25) is 4.79 Å². The van der Waals surface area contributed by atoms with Gasteiger partial charge in [-0.05, 0) is 32.1 Å². The van der Waals surface area contributed by atoms with Gasteiger partial charge in [0.1, 0.15) is 73.2 Å². The number of aliphatic hydroxyl groups is 11. The number of allylic oxidation sites excluding steroid dienone is 2. The van der Waals surface area contributed by atoms with Crippen molar-refractivity contribution in [3.05, 3.63) is 12.2 Å². The van der Waals surface area contributed by atoms with E-state index in [1.807, 2.05) is 0 Å². The number of hydrogen-bond donors (Lipinski definition) is 12. The van der Waals surface area contributed by atoms with Crippen molar-refractivity contribution >= 4 is 5.91 Å². The number of amides is 1. The van der Waals surface area contributed by atoms with Crippen molar-refractivity contribution in [2.45, 2.75) is 291 Å². The first-order valence-electron chi connectivity index (χ1n) is 27.9. The zero-order chi connectivity index (χ0) is 52.7. The summed E-state index contributed by atoms with van der Waals surface area (Å²) < 4.78 is 34.2. The predicted octanol–water partition coefficient (Wildman–Crippen LogP) is 3.43. The fourth-order valence-corrected chi connectivity index (χ4v) is 9.65. The monoisotopic (exact) mass is 1040 g/mol. The topological polar surface area (TPSA) is 307 Å². The van der Waals surface area contributed by atoms with E-state index in [0.717, 1.165) is 64.2 Å². The lowest BCUT2D eigenvalue weighted by Crippen LogP contribution is -2.66. The third-order valence-electron chi connectivity index (χ3n) is 14.3. The maximum atomic E-state index is 13.2. The van der Waals surface area contributed by atoms with E-state index in [1.54, 1.807) is 0 Å². The van der Waals surface area contributed by atoms with Crippen molar-refractivity contribution in [3.8, 4) is 0 Å². The molecule has 424 valence electrons. The largest absolute Gasteiger partial charge is 0.394 e. The van der Waals surface area contributed by atoms with Gasteiger partial charge in [0.15, 0.2) is 18.9 Å². The summed E-state index contributed by atoms with van der Waals surface area (Å²) in [6.45, 7) is 1.72. The summed E-state index contributed by atoms with van der Waals surface area (Å²) in [5.74, 6) is -0.254. The van der Waals surface area contributed by atoms with Crippen molar-refractivity contribution < 1.29 is 89.4 Å². The summed E-state index contributed by atoms with van der Waals surface area (Å²) in [5, 5.41) is 120. The highest BCUT2D eigenvalue weighted by molar-refractivity contribution is 5.76. The van der Waals surface area contributed by atoms with Crippen LogP contribution in [0, 0.1) is 0 Å². The first kappa shape index (κ1) is 64.8. The van der Waals surface area contributed by atoms with Gasteiger partial charge in [-0.25, -0.2) is 0 Å². The fraction of sp³-hybridized carbons (Fsp3) is 0.943. The zero-order valence-electron chi connectivity index (χ0n) is 43.7. The van der Waals surface area contributed by atoms with E-state index in [2.05, 4.69) is 31.3 Å². The van der Waals surface area contributed by atoms with Gasteiger partial charge in [-0.15, -0.1) is 0 Å². The Bertz CT molecular complexity index is 1380. The first-order chi connectivity index (χ1) is 34.8. The van der Waals surface area contributed by atoms with Gasteiger partial charge in [0.05, 0.1) is 38.6 Å². The lowest BCUT2D eigenvalue weighted by Gasteiger charge is -2.48. The summed E-state index contributed by atoms with van der Waals surface area (Å²) in [6, 6.07) is -0.885. The van der Waals surface area contributed by atoms with Crippen molar-refractivity contribution in [1.29, 1.82) is 0 Å². The molecule has 17 unspecified atom stereocenters. The van der Waals surface area contributed by atoms with Gasteiger partial charge in [0, 0.05) is 6.42 Å². The smallest absolute Gasteiger partial charge is 0.220 e. The average molecular weight is 1040 g/mol. The summed E-state index contributed by atoms with van der Waals surface area (Å²) in [4.78, 5) is 13.2. The molecule has 0 radical (unpaired) electrons. The SMILES string of the molecule is CCCC/C=C\CCCCCCCC(=O)NC(COC1OC(CO)C(OC2OC(CO)C(OC3OC(CO)C(O)C(O)C3O)C(O)C2O)C(O)C1O)C(O)CCCCCCCCCCCCCCCCCC. The summed E-state index contributed by atoms with van der Waals surface area (Å²) in [6.07, 6.45) is 7.40. The summed E-state index contributed by atoms with van der Waals surface area (Å²) in [7, 11) is 0. The molecule has 3 aliphatic heterocycles. The highest BCUT2D eigenvalue weighted by atomic mass is 16.8. The van der Waals surface area contributed by atoms with E-state index in [9.17, 15) is 61.0 Å². The van der Waals surface area contributed by atoms with Crippen LogP contribution in [0.15, 0.2) is 12.2 Å². The molecule has 3 saturated heterocycles. The molecule has 0 bridgehead atoms. The molecule has 1 amide bonds. The first-order valence-corrected chi connectivity index (χ1v) is 27.9.